The fourth-order valence-electron chi connectivity index (χ4n) is 3.02. The molecule has 6 nitrogen and oxygen atoms in total. The average Bonchev–Trinajstić information content (AvgIpc) is 2.91. The Balaban J connectivity index is 1.63. The van der Waals surface area contributed by atoms with E-state index in [0.29, 0.717) is 10.7 Å². The van der Waals surface area contributed by atoms with Crippen molar-refractivity contribution >= 4 is 23.8 Å². The molecule has 2 N–H and O–H groups in total. The van der Waals surface area contributed by atoms with Gasteiger partial charge in [-0.1, -0.05) is 49.1 Å². The van der Waals surface area contributed by atoms with Gasteiger partial charge in [-0.25, -0.2) is 14.9 Å². The number of hydrogen-bond acceptors (Lipinski definition) is 3. The van der Waals surface area contributed by atoms with Crippen molar-refractivity contribution in [3.63, 3.8) is 0 Å². The Morgan fingerprint density at radius 3 is 2.72 bits per heavy atom. The van der Waals surface area contributed by atoms with Crippen LogP contribution in [0.25, 0.3) is 5.69 Å². The monoisotopic (exact) mass is 359 g/mol. The van der Waals surface area contributed by atoms with Crippen LogP contribution in [0, 0.1) is 6.92 Å². The Hall–Kier alpha value is -2.34. The zero-order valence-electron chi connectivity index (χ0n) is 14.2. The lowest BCUT2D eigenvalue weighted by molar-refractivity contribution is 0.233. The number of rotatable bonds is 4. The van der Waals surface area contributed by atoms with Gasteiger partial charge in [0.1, 0.15) is 5.15 Å². The molecule has 1 aromatic heterocycles. The van der Waals surface area contributed by atoms with Gasteiger partial charge in [-0.15, -0.1) is 0 Å². The lowest BCUT2D eigenvalue weighted by atomic mass is 9.96. The van der Waals surface area contributed by atoms with E-state index in [4.69, 9.17) is 11.6 Å². The molecule has 1 aromatic carbocycles. The molecular weight excluding hydrogens is 338 g/mol. The van der Waals surface area contributed by atoms with Gasteiger partial charge < -0.3 is 5.32 Å². The number of nitrogens with zero attached hydrogens (tertiary/aromatic N) is 3. The molecule has 1 aliphatic carbocycles. The van der Waals surface area contributed by atoms with E-state index in [9.17, 15) is 4.79 Å². The highest BCUT2D eigenvalue weighted by Crippen LogP contribution is 2.22. The fourth-order valence-corrected chi connectivity index (χ4v) is 3.34. The Kier molecular flexibility index (Phi) is 5.71. The third kappa shape index (κ3) is 4.39. The van der Waals surface area contributed by atoms with E-state index >= 15 is 0 Å². The highest BCUT2D eigenvalue weighted by atomic mass is 35.5. The molecule has 0 radical (unpaired) electrons. The van der Waals surface area contributed by atoms with Crippen LogP contribution in [0.2, 0.25) is 5.15 Å². The molecule has 2 amide bonds. The van der Waals surface area contributed by atoms with Crippen LogP contribution in [-0.4, -0.2) is 28.1 Å². The summed E-state index contributed by atoms with van der Waals surface area (Å²) in [6.07, 6.45) is 7.19. The number of carbonyl (C=O) groups excluding carboxylic acids is 1. The SMILES string of the molecule is Cc1nn(-c2ccccc2)c(Cl)c1C=NNC(=O)NC1CCCCC1. The van der Waals surface area contributed by atoms with Crippen LogP contribution in [0.4, 0.5) is 4.79 Å². The molecule has 1 saturated carbocycles. The molecule has 2 aromatic rings. The number of carbonyl (C=O) groups is 1. The summed E-state index contributed by atoms with van der Waals surface area (Å²) in [7, 11) is 0. The number of hydrogen-bond donors (Lipinski definition) is 2. The molecule has 0 unspecified atom stereocenters. The minimum absolute atomic E-state index is 0.245. The van der Waals surface area contributed by atoms with Crippen molar-refractivity contribution < 1.29 is 4.79 Å². The van der Waals surface area contributed by atoms with E-state index in [0.717, 1.165) is 24.2 Å². The van der Waals surface area contributed by atoms with Crippen molar-refractivity contribution in [3.8, 4) is 5.69 Å². The summed E-state index contributed by atoms with van der Waals surface area (Å²) in [6, 6.07) is 9.60. The largest absolute Gasteiger partial charge is 0.335 e. The van der Waals surface area contributed by atoms with Gasteiger partial charge in [-0.05, 0) is 31.9 Å². The minimum atomic E-state index is -0.285. The van der Waals surface area contributed by atoms with E-state index in [-0.39, 0.29) is 12.1 Å². The Labute approximate surface area is 152 Å². The summed E-state index contributed by atoms with van der Waals surface area (Å²) in [5, 5.41) is 11.9. The summed E-state index contributed by atoms with van der Waals surface area (Å²) in [5.41, 5.74) is 4.81. The lowest BCUT2D eigenvalue weighted by Crippen LogP contribution is -2.41. The first-order chi connectivity index (χ1) is 12.1. The quantitative estimate of drug-likeness (QED) is 0.643. The standard InChI is InChI=1S/C18H22ClN5O/c1-13-16(17(19)24(23-13)15-10-6-3-7-11-15)12-20-22-18(25)21-14-8-4-2-5-9-14/h3,6-7,10-12,14H,2,4-5,8-9H2,1H3,(H2,21,22,25). The number of hydrazone groups is 1. The normalized spacial score (nSPS) is 15.4. The zero-order valence-corrected chi connectivity index (χ0v) is 15.0. The highest BCUT2D eigenvalue weighted by molar-refractivity contribution is 6.32. The lowest BCUT2D eigenvalue weighted by Gasteiger charge is -2.22. The van der Waals surface area contributed by atoms with E-state index < -0.39 is 0 Å². The van der Waals surface area contributed by atoms with Crippen molar-refractivity contribution in [2.24, 2.45) is 5.10 Å². The number of benzene rings is 1. The predicted octanol–water partition coefficient (Wildman–Crippen LogP) is 3.80. The Morgan fingerprint density at radius 2 is 2.00 bits per heavy atom. The summed E-state index contributed by atoms with van der Waals surface area (Å²) in [6.45, 7) is 1.86. The molecule has 3 rings (SSSR count). The second kappa shape index (κ2) is 8.16. The van der Waals surface area contributed by atoms with E-state index in [1.54, 1.807) is 4.68 Å². The van der Waals surface area contributed by atoms with Crippen LogP contribution >= 0.6 is 11.6 Å². The Morgan fingerprint density at radius 1 is 1.28 bits per heavy atom. The molecule has 1 heterocycles. The second-order valence-corrected chi connectivity index (χ2v) is 6.57. The zero-order chi connectivity index (χ0) is 17.6. The number of aromatic nitrogens is 2. The van der Waals surface area contributed by atoms with Crippen molar-refractivity contribution in [2.75, 3.05) is 0 Å². The first kappa shape index (κ1) is 17.5. The van der Waals surface area contributed by atoms with Gasteiger partial charge in [0.15, 0.2) is 0 Å². The second-order valence-electron chi connectivity index (χ2n) is 6.22. The van der Waals surface area contributed by atoms with Crippen LogP contribution < -0.4 is 10.7 Å². The van der Waals surface area contributed by atoms with Crippen LogP contribution in [0.5, 0.6) is 0 Å². The van der Waals surface area contributed by atoms with Crippen LogP contribution in [0.15, 0.2) is 35.4 Å². The summed E-state index contributed by atoms with van der Waals surface area (Å²) in [4.78, 5) is 11.9. The van der Waals surface area contributed by atoms with Gasteiger partial charge >= 0.3 is 6.03 Å². The molecular formula is C18H22ClN5O. The number of para-hydroxylation sites is 1. The predicted molar refractivity (Wildman–Crippen MR) is 99.4 cm³/mol. The minimum Gasteiger partial charge on any atom is -0.334 e. The summed E-state index contributed by atoms with van der Waals surface area (Å²) in [5.74, 6) is 0. The number of amides is 2. The first-order valence-corrected chi connectivity index (χ1v) is 8.93. The van der Waals surface area contributed by atoms with Crippen LogP contribution in [0.1, 0.15) is 43.4 Å². The van der Waals surface area contributed by atoms with E-state index in [1.165, 1.54) is 25.5 Å². The molecule has 25 heavy (non-hydrogen) atoms. The van der Waals surface area contributed by atoms with Crippen LogP contribution in [-0.2, 0) is 0 Å². The molecule has 0 aliphatic heterocycles. The van der Waals surface area contributed by atoms with Crippen molar-refractivity contribution in [2.45, 2.75) is 45.1 Å². The van der Waals surface area contributed by atoms with Gasteiger partial charge in [0.2, 0.25) is 0 Å². The summed E-state index contributed by atoms with van der Waals surface area (Å²) < 4.78 is 1.65. The molecule has 7 heteroatoms. The van der Waals surface area contributed by atoms with Gasteiger partial charge in [0.25, 0.3) is 0 Å². The molecule has 1 fully saturated rings. The van der Waals surface area contributed by atoms with Gasteiger partial charge in [-0.3, -0.25) is 0 Å². The smallest absolute Gasteiger partial charge is 0.334 e. The molecule has 132 valence electrons. The summed E-state index contributed by atoms with van der Waals surface area (Å²) >= 11 is 6.42. The average molecular weight is 360 g/mol. The maximum Gasteiger partial charge on any atom is 0.335 e. The number of urea groups is 1. The topological polar surface area (TPSA) is 71.3 Å². The third-order valence-corrected chi connectivity index (χ3v) is 4.71. The van der Waals surface area contributed by atoms with Crippen molar-refractivity contribution in [3.05, 3.63) is 46.7 Å². The maximum absolute atomic E-state index is 11.9. The van der Waals surface area contributed by atoms with Gasteiger partial charge in [-0.2, -0.15) is 10.2 Å². The van der Waals surface area contributed by atoms with E-state index in [1.807, 2.05) is 37.3 Å². The Bertz CT molecular complexity index is 750. The first-order valence-electron chi connectivity index (χ1n) is 8.55. The molecule has 0 saturated heterocycles. The highest BCUT2D eigenvalue weighted by Gasteiger charge is 2.16. The van der Waals surface area contributed by atoms with Gasteiger partial charge in [0, 0.05) is 6.04 Å². The maximum atomic E-state index is 11.9. The van der Waals surface area contributed by atoms with Crippen molar-refractivity contribution in [1.82, 2.24) is 20.5 Å². The molecule has 0 bridgehead atoms. The number of nitrogens with one attached hydrogen (secondary N) is 2. The number of halogens is 1. The van der Waals surface area contributed by atoms with Crippen molar-refractivity contribution in [1.29, 1.82) is 0 Å². The van der Waals surface area contributed by atoms with Crippen LogP contribution in [0.3, 0.4) is 0 Å². The fraction of sp³-hybridized carbons (Fsp3) is 0.389. The van der Waals surface area contributed by atoms with Gasteiger partial charge in [0.05, 0.1) is 23.2 Å². The molecule has 1 aliphatic rings. The number of aryl methyl sites for hydroxylation is 1. The molecule has 0 spiro atoms. The molecule has 0 atom stereocenters. The third-order valence-electron chi connectivity index (χ3n) is 4.35. The van der Waals surface area contributed by atoms with E-state index in [2.05, 4.69) is 20.9 Å².